The SMILES string of the molecule is COC(=NC(C)C(=CNc1ccc(CN2CCCCC2)cc1)C(N)=O)c1c(F)cccc1F. The average molecular weight is 457 g/mol. The molecule has 0 aliphatic carbocycles. The van der Waals surface area contributed by atoms with Crippen molar-refractivity contribution in [2.75, 3.05) is 25.5 Å². The number of hydrogen-bond donors (Lipinski definition) is 2. The molecule has 1 amide bonds. The van der Waals surface area contributed by atoms with Crippen LogP contribution in [-0.2, 0) is 16.1 Å². The van der Waals surface area contributed by atoms with E-state index in [1.807, 2.05) is 24.3 Å². The summed E-state index contributed by atoms with van der Waals surface area (Å²) >= 11 is 0. The molecule has 1 saturated heterocycles. The number of aliphatic imine (C=N–C) groups is 1. The Bertz CT molecular complexity index is 995. The van der Waals surface area contributed by atoms with Gasteiger partial charge in [-0.15, -0.1) is 0 Å². The summed E-state index contributed by atoms with van der Waals surface area (Å²) < 4.78 is 33.4. The minimum Gasteiger partial charge on any atom is -0.481 e. The van der Waals surface area contributed by atoms with Crippen molar-refractivity contribution in [1.29, 1.82) is 0 Å². The van der Waals surface area contributed by atoms with Crippen LogP contribution in [0.5, 0.6) is 0 Å². The van der Waals surface area contributed by atoms with Gasteiger partial charge < -0.3 is 15.8 Å². The van der Waals surface area contributed by atoms with E-state index in [1.165, 1.54) is 44.2 Å². The number of nitrogens with one attached hydrogen (secondary N) is 1. The van der Waals surface area contributed by atoms with Crippen LogP contribution in [0.3, 0.4) is 0 Å². The molecule has 2 aromatic carbocycles. The first-order chi connectivity index (χ1) is 15.9. The molecule has 3 rings (SSSR count). The van der Waals surface area contributed by atoms with Gasteiger partial charge in [-0.25, -0.2) is 13.8 Å². The molecule has 8 heteroatoms. The second-order valence-corrected chi connectivity index (χ2v) is 8.05. The maximum Gasteiger partial charge on any atom is 0.248 e. The fourth-order valence-corrected chi connectivity index (χ4v) is 3.81. The predicted octanol–water partition coefficient (Wildman–Crippen LogP) is 4.21. The highest BCUT2D eigenvalue weighted by atomic mass is 19.1. The molecule has 176 valence electrons. The van der Waals surface area contributed by atoms with Crippen molar-refractivity contribution in [3.8, 4) is 0 Å². The molecule has 1 fully saturated rings. The largest absolute Gasteiger partial charge is 0.481 e. The Hall–Kier alpha value is -3.26. The van der Waals surface area contributed by atoms with Gasteiger partial charge in [-0.2, -0.15) is 0 Å². The minimum absolute atomic E-state index is 0.138. The molecule has 6 nitrogen and oxygen atoms in total. The monoisotopic (exact) mass is 456 g/mol. The highest BCUT2D eigenvalue weighted by molar-refractivity contribution is 5.97. The number of carbonyl (C=O) groups is 1. The maximum atomic E-state index is 14.1. The maximum absolute atomic E-state index is 14.1. The zero-order valence-corrected chi connectivity index (χ0v) is 19.0. The number of anilines is 1. The number of benzene rings is 2. The molecular formula is C25H30F2N4O2. The first-order valence-corrected chi connectivity index (χ1v) is 11.0. The average Bonchev–Trinajstić information content (AvgIpc) is 2.80. The van der Waals surface area contributed by atoms with Crippen molar-refractivity contribution < 1.29 is 18.3 Å². The van der Waals surface area contributed by atoms with E-state index >= 15 is 0 Å². The Morgan fingerprint density at radius 3 is 2.36 bits per heavy atom. The summed E-state index contributed by atoms with van der Waals surface area (Å²) in [6.07, 6.45) is 5.25. The van der Waals surface area contributed by atoms with Crippen LogP contribution in [0.1, 0.15) is 37.3 Å². The first-order valence-electron chi connectivity index (χ1n) is 11.0. The fourth-order valence-electron chi connectivity index (χ4n) is 3.81. The summed E-state index contributed by atoms with van der Waals surface area (Å²) in [6.45, 7) is 4.77. The number of likely N-dealkylation sites (tertiary alicyclic amines) is 1. The van der Waals surface area contributed by atoms with E-state index in [9.17, 15) is 13.6 Å². The topological polar surface area (TPSA) is 79.9 Å². The van der Waals surface area contributed by atoms with Crippen LogP contribution in [0, 0.1) is 11.6 Å². The van der Waals surface area contributed by atoms with E-state index in [0.717, 1.165) is 37.5 Å². The van der Waals surface area contributed by atoms with Crippen molar-refractivity contribution in [2.24, 2.45) is 10.7 Å². The van der Waals surface area contributed by atoms with Crippen LogP contribution in [0.2, 0.25) is 0 Å². The summed E-state index contributed by atoms with van der Waals surface area (Å²) in [4.78, 5) is 18.7. The predicted molar refractivity (Wildman–Crippen MR) is 126 cm³/mol. The number of primary amides is 1. The van der Waals surface area contributed by atoms with Crippen LogP contribution in [0.15, 0.2) is 59.2 Å². The van der Waals surface area contributed by atoms with Gasteiger partial charge in [-0.1, -0.05) is 24.6 Å². The Kier molecular flexibility index (Phi) is 8.54. The molecule has 1 unspecified atom stereocenters. The molecular weight excluding hydrogens is 426 g/mol. The third-order valence-electron chi connectivity index (χ3n) is 5.62. The second-order valence-electron chi connectivity index (χ2n) is 8.05. The van der Waals surface area contributed by atoms with Crippen LogP contribution < -0.4 is 11.1 Å². The number of amides is 1. The van der Waals surface area contributed by atoms with Gasteiger partial charge in [-0.05, 0) is 62.7 Å². The molecule has 1 heterocycles. The van der Waals surface area contributed by atoms with Crippen molar-refractivity contribution in [1.82, 2.24) is 4.90 Å². The van der Waals surface area contributed by atoms with E-state index in [4.69, 9.17) is 10.5 Å². The molecule has 0 aromatic heterocycles. The number of hydrogen-bond acceptors (Lipinski definition) is 5. The van der Waals surface area contributed by atoms with Crippen molar-refractivity contribution in [2.45, 2.75) is 38.8 Å². The van der Waals surface area contributed by atoms with Gasteiger partial charge in [0.15, 0.2) is 0 Å². The van der Waals surface area contributed by atoms with Gasteiger partial charge in [0.05, 0.1) is 18.7 Å². The molecule has 3 N–H and O–H groups in total. The highest BCUT2D eigenvalue weighted by Crippen LogP contribution is 2.18. The number of rotatable bonds is 8. The van der Waals surface area contributed by atoms with Gasteiger partial charge in [0.1, 0.15) is 17.2 Å². The van der Waals surface area contributed by atoms with E-state index < -0.39 is 29.1 Å². The standard InChI is InChI=1S/C25H30F2N4O2/c1-17(30-25(33-2)23-21(26)7-6-8-22(23)27)20(24(28)32)15-29-19-11-9-18(10-12-19)16-31-13-4-3-5-14-31/h6-12,15,17,29H,3-5,13-14,16H2,1-2H3,(H2,28,32). The van der Waals surface area contributed by atoms with Gasteiger partial charge in [0, 0.05) is 18.4 Å². The molecule has 2 aromatic rings. The smallest absolute Gasteiger partial charge is 0.248 e. The number of nitrogens with two attached hydrogens (primary N) is 1. The highest BCUT2D eigenvalue weighted by Gasteiger charge is 2.20. The molecule has 0 radical (unpaired) electrons. The molecule has 0 saturated carbocycles. The lowest BCUT2D eigenvalue weighted by molar-refractivity contribution is -0.114. The zero-order valence-electron chi connectivity index (χ0n) is 19.0. The van der Waals surface area contributed by atoms with Gasteiger partial charge >= 0.3 is 0 Å². The lowest BCUT2D eigenvalue weighted by Gasteiger charge is -2.26. The molecule has 1 atom stereocenters. The summed E-state index contributed by atoms with van der Waals surface area (Å²) in [7, 11) is 1.26. The minimum atomic E-state index is -0.810. The number of carbonyl (C=O) groups excluding carboxylic acids is 1. The molecule has 0 bridgehead atoms. The van der Waals surface area contributed by atoms with E-state index in [-0.39, 0.29) is 11.5 Å². The fraction of sp³-hybridized carbons (Fsp3) is 0.360. The van der Waals surface area contributed by atoms with Crippen LogP contribution in [0.4, 0.5) is 14.5 Å². The normalized spacial score (nSPS) is 16.4. The first kappa shape index (κ1) is 24.4. The number of piperidine rings is 1. The van der Waals surface area contributed by atoms with Crippen molar-refractivity contribution in [3.05, 3.63) is 77.0 Å². The van der Waals surface area contributed by atoms with Gasteiger partial charge in [0.2, 0.25) is 11.8 Å². The summed E-state index contributed by atoms with van der Waals surface area (Å²) in [6, 6.07) is 10.6. The molecule has 1 aliphatic heterocycles. The third-order valence-corrected chi connectivity index (χ3v) is 5.62. The molecule has 0 spiro atoms. The summed E-state index contributed by atoms with van der Waals surface area (Å²) in [5.74, 6) is -2.58. The van der Waals surface area contributed by atoms with Gasteiger partial charge in [-0.3, -0.25) is 9.69 Å². The second kappa shape index (κ2) is 11.6. The van der Waals surface area contributed by atoms with E-state index in [1.54, 1.807) is 6.92 Å². The van der Waals surface area contributed by atoms with Gasteiger partial charge in [0.25, 0.3) is 0 Å². The molecule has 1 aliphatic rings. The Balaban J connectivity index is 1.73. The number of ether oxygens (including phenoxy) is 1. The zero-order chi connectivity index (χ0) is 23.8. The number of methoxy groups -OCH3 is 1. The Morgan fingerprint density at radius 1 is 1.15 bits per heavy atom. The van der Waals surface area contributed by atoms with Crippen molar-refractivity contribution in [3.63, 3.8) is 0 Å². The Labute approximate surface area is 193 Å². The lowest BCUT2D eigenvalue weighted by atomic mass is 10.1. The Morgan fingerprint density at radius 2 is 1.79 bits per heavy atom. The van der Waals surface area contributed by atoms with Crippen LogP contribution in [-0.4, -0.2) is 42.9 Å². The van der Waals surface area contributed by atoms with Crippen LogP contribution >= 0.6 is 0 Å². The van der Waals surface area contributed by atoms with Crippen molar-refractivity contribution >= 4 is 17.5 Å². The van der Waals surface area contributed by atoms with Crippen LogP contribution in [0.25, 0.3) is 0 Å². The number of nitrogens with zero attached hydrogens (tertiary/aromatic N) is 2. The van der Waals surface area contributed by atoms with E-state index in [2.05, 4.69) is 15.2 Å². The summed E-state index contributed by atoms with van der Waals surface area (Å²) in [5.41, 5.74) is 7.27. The third kappa shape index (κ3) is 6.61. The lowest BCUT2D eigenvalue weighted by Crippen LogP contribution is -2.29. The van der Waals surface area contributed by atoms with E-state index in [0.29, 0.717) is 0 Å². The number of halogens is 2. The summed E-state index contributed by atoms with van der Waals surface area (Å²) in [5, 5.41) is 3.06. The quantitative estimate of drug-likeness (QED) is 0.354. The molecule has 33 heavy (non-hydrogen) atoms.